The quantitative estimate of drug-likeness (QED) is 0.870. The highest BCUT2D eigenvalue weighted by molar-refractivity contribution is 5.90. The molecular weight excluding hydrogens is 264 g/mol. The van der Waals surface area contributed by atoms with Gasteiger partial charge in [-0.2, -0.15) is 0 Å². The van der Waals surface area contributed by atoms with Crippen LogP contribution in [-0.4, -0.2) is 35.3 Å². The summed E-state index contributed by atoms with van der Waals surface area (Å²) in [5.41, 5.74) is 0.304. The van der Waals surface area contributed by atoms with Gasteiger partial charge in [0.1, 0.15) is 6.04 Å². The third-order valence-electron chi connectivity index (χ3n) is 5.28. The third kappa shape index (κ3) is 3.78. The molecule has 0 bridgehead atoms. The van der Waals surface area contributed by atoms with Crippen molar-refractivity contribution in [3.63, 3.8) is 0 Å². The molecule has 0 aromatic carbocycles. The van der Waals surface area contributed by atoms with Crippen LogP contribution in [0.25, 0.3) is 0 Å². The first-order valence-electron chi connectivity index (χ1n) is 8.44. The van der Waals surface area contributed by atoms with Gasteiger partial charge in [0.25, 0.3) is 0 Å². The summed E-state index contributed by atoms with van der Waals surface area (Å²) < 4.78 is 0. The molecule has 0 aromatic rings. The lowest BCUT2D eigenvalue weighted by molar-refractivity contribution is -0.138. The molecule has 0 aromatic heterocycles. The van der Waals surface area contributed by atoms with Crippen molar-refractivity contribution in [3.8, 4) is 0 Å². The molecule has 1 aliphatic heterocycles. The molecule has 4 heteroatoms. The number of hydrogen-bond donors (Lipinski definition) is 1. The average molecular weight is 294 g/mol. The van der Waals surface area contributed by atoms with E-state index >= 15 is 0 Å². The zero-order chi connectivity index (χ0) is 15.6. The Morgan fingerprint density at radius 2 is 2.10 bits per heavy atom. The van der Waals surface area contributed by atoms with Gasteiger partial charge in [-0.05, 0) is 30.6 Å². The monoisotopic (exact) mass is 294 g/mol. The van der Waals surface area contributed by atoms with E-state index < -0.39 is 0 Å². The fourth-order valence-electron chi connectivity index (χ4n) is 3.73. The first-order valence-corrected chi connectivity index (χ1v) is 8.44. The molecule has 0 radical (unpaired) electrons. The lowest BCUT2D eigenvalue weighted by Crippen LogP contribution is -2.52. The molecule has 1 heterocycles. The van der Waals surface area contributed by atoms with E-state index in [-0.39, 0.29) is 23.8 Å². The molecule has 2 rings (SSSR count). The van der Waals surface area contributed by atoms with Crippen molar-refractivity contribution in [2.24, 2.45) is 11.3 Å². The smallest absolute Gasteiger partial charge is 0.245 e. The minimum absolute atomic E-state index is 0.0196. The van der Waals surface area contributed by atoms with Crippen molar-refractivity contribution in [1.82, 2.24) is 10.2 Å². The SMILES string of the molecule is CCC(C)C1NC(=O)CCN(C2CCCC(C)(C)C2)C1=O. The summed E-state index contributed by atoms with van der Waals surface area (Å²) in [6, 6.07) is -0.0319. The van der Waals surface area contributed by atoms with E-state index in [4.69, 9.17) is 0 Å². The predicted octanol–water partition coefficient (Wildman–Crippen LogP) is 2.72. The van der Waals surface area contributed by atoms with E-state index in [2.05, 4.69) is 33.0 Å². The van der Waals surface area contributed by atoms with E-state index in [0.29, 0.717) is 24.4 Å². The van der Waals surface area contributed by atoms with Crippen molar-refractivity contribution in [3.05, 3.63) is 0 Å². The third-order valence-corrected chi connectivity index (χ3v) is 5.28. The van der Waals surface area contributed by atoms with Gasteiger partial charge in [0, 0.05) is 19.0 Å². The fraction of sp³-hybridized carbons (Fsp3) is 0.882. The minimum atomic E-state index is -0.338. The predicted molar refractivity (Wildman–Crippen MR) is 83.8 cm³/mol. The first kappa shape index (κ1) is 16.3. The molecule has 1 N–H and O–H groups in total. The Labute approximate surface area is 128 Å². The van der Waals surface area contributed by atoms with Gasteiger partial charge in [-0.25, -0.2) is 0 Å². The molecule has 21 heavy (non-hydrogen) atoms. The Morgan fingerprint density at radius 3 is 2.71 bits per heavy atom. The summed E-state index contributed by atoms with van der Waals surface area (Å²) in [7, 11) is 0. The number of carbonyl (C=O) groups is 2. The molecule has 1 aliphatic carbocycles. The fourth-order valence-corrected chi connectivity index (χ4v) is 3.73. The maximum atomic E-state index is 12.9. The van der Waals surface area contributed by atoms with Gasteiger partial charge in [0.2, 0.25) is 11.8 Å². The summed E-state index contributed by atoms with van der Waals surface area (Å²) in [6.45, 7) is 9.28. The van der Waals surface area contributed by atoms with Crippen LogP contribution in [0.5, 0.6) is 0 Å². The topological polar surface area (TPSA) is 49.4 Å². The second-order valence-electron chi connectivity index (χ2n) is 7.63. The van der Waals surface area contributed by atoms with E-state index in [1.54, 1.807) is 0 Å². The molecule has 0 spiro atoms. The highest BCUT2D eigenvalue weighted by atomic mass is 16.2. The Balaban J connectivity index is 2.17. The lowest BCUT2D eigenvalue weighted by Gasteiger charge is -2.42. The van der Waals surface area contributed by atoms with E-state index in [1.807, 2.05) is 4.90 Å². The van der Waals surface area contributed by atoms with Gasteiger partial charge in [-0.3, -0.25) is 9.59 Å². The Bertz CT molecular complexity index is 406. The molecule has 3 unspecified atom stereocenters. The van der Waals surface area contributed by atoms with Crippen LogP contribution in [0.15, 0.2) is 0 Å². The molecule has 2 fully saturated rings. The molecular formula is C17H30N2O2. The molecule has 2 aliphatic rings. The van der Waals surface area contributed by atoms with Crippen LogP contribution in [0, 0.1) is 11.3 Å². The van der Waals surface area contributed by atoms with Gasteiger partial charge >= 0.3 is 0 Å². The van der Waals surface area contributed by atoms with Crippen molar-refractivity contribution in [2.75, 3.05) is 6.54 Å². The number of nitrogens with one attached hydrogen (secondary N) is 1. The summed E-state index contributed by atoms with van der Waals surface area (Å²) in [5, 5.41) is 2.94. The molecule has 3 atom stereocenters. The molecule has 1 saturated carbocycles. The highest BCUT2D eigenvalue weighted by Crippen LogP contribution is 2.38. The number of nitrogens with zero attached hydrogens (tertiary/aromatic N) is 1. The van der Waals surface area contributed by atoms with Gasteiger partial charge < -0.3 is 10.2 Å². The van der Waals surface area contributed by atoms with Gasteiger partial charge in [-0.1, -0.05) is 40.5 Å². The van der Waals surface area contributed by atoms with Crippen LogP contribution in [-0.2, 0) is 9.59 Å². The number of hydrogen-bond acceptors (Lipinski definition) is 2. The summed E-state index contributed by atoms with van der Waals surface area (Å²) >= 11 is 0. The van der Waals surface area contributed by atoms with Crippen molar-refractivity contribution in [1.29, 1.82) is 0 Å². The van der Waals surface area contributed by atoms with Gasteiger partial charge in [0.15, 0.2) is 0 Å². The van der Waals surface area contributed by atoms with E-state index in [1.165, 1.54) is 12.8 Å². The summed E-state index contributed by atoms with van der Waals surface area (Å²) in [4.78, 5) is 26.8. The van der Waals surface area contributed by atoms with E-state index in [0.717, 1.165) is 19.3 Å². The first-order chi connectivity index (χ1) is 9.84. The number of amides is 2. The maximum Gasteiger partial charge on any atom is 0.245 e. The number of carbonyl (C=O) groups excluding carboxylic acids is 2. The highest BCUT2D eigenvalue weighted by Gasteiger charge is 2.39. The van der Waals surface area contributed by atoms with Gasteiger partial charge in [0.05, 0.1) is 0 Å². The zero-order valence-corrected chi connectivity index (χ0v) is 13.9. The van der Waals surface area contributed by atoms with Crippen LogP contribution in [0.2, 0.25) is 0 Å². The summed E-state index contributed by atoms with van der Waals surface area (Å²) in [5.74, 6) is 0.350. The maximum absolute atomic E-state index is 12.9. The van der Waals surface area contributed by atoms with Gasteiger partial charge in [-0.15, -0.1) is 0 Å². The zero-order valence-electron chi connectivity index (χ0n) is 13.9. The lowest BCUT2D eigenvalue weighted by atomic mass is 9.74. The van der Waals surface area contributed by atoms with Crippen LogP contribution < -0.4 is 5.32 Å². The standard InChI is InChI=1S/C17H30N2O2/c1-5-12(2)15-16(21)19(10-8-14(20)18-15)13-7-6-9-17(3,4)11-13/h12-13,15H,5-11H2,1-4H3,(H,18,20). The van der Waals surface area contributed by atoms with E-state index in [9.17, 15) is 9.59 Å². The normalized spacial score (nSPS) is 31.5. The molecule has 120 valence electrons. The number of rotatable bonds is 3. The molecule has 2 amide bonds. The Hall–Kier alpha value is -1.06. The van der Waals surface area contributed by atoms with Crippen molar-refractivity contribution >= 4 is 11.8 Å². The van der Waals surface area contributed by atoms with Crippen LogP contribution in [0.1, 0.15) is 66.2 Å². The van der Waals surface area contributed by atoms with Crippen LogP contribution in [0.3, 0.4) is 0 Å². The van der Waals surface area contributed by atoms with Crippen LogP contribution in [0.4, 0.5) is 0 Å². The van der Waals surface area contributed by atoms with Crippen LogP contribution >= 0.6 is 0 Å². The Kier molecular flexibility index (Phi) is 4.95. The van der Waals surface area contributed by atoms with Crippen molar-refractivity contribution < 1.29 is 9.59 Å². The molecule has 1 saturated heterocycles. The van der Waals surface area contributed by atoms with Crippen molar-refractivity contribution in [2.45, 2.75) is 78.3 Å². The second kappa shape index (κ2) is 6.37. The largest absolute Gasteiger partial charge is 0.344 e. The molecule has 4 nitrogen and oxygen atoms in total. The summed E-state index contributed by atoms with van der Waals surface area (Å²) in [6.07, 6.45) is 5.89. The second-order valence-corrected chi connectivity index (χ2v) is 7.63. The average Bonchev–Trinajstić information content (AvgIpc) is 2.56. The Morgan fingerprint density at radius 1 is 1.38 bits per heavy atom. The minimum Gasteiger partial charge on any atom is -0.344 e.